The molecule has 0 saturated carbocycles. The lowest BCUT2D eigenvalue weighted by Crippen LogP contribution is -2.32. The minimum atomic E-state index is -0.338. The molecule has 0 amide bonds. The lowest BCUT2D eigenvalue weighted by atomic mass is 10.1. The highest BCUT2D eigenvalue weighted by Gasteiger charge is 2.20. The molecule has 2 aromatic heterocycles. The number of carbonyl (C=O) groups excluding carboxylic acids is 1. The predicted molar refractivity (Wildman–Crippen MR) is 87.9 cm³/mol. The maximum absolute atomic E-state index is 12.0. The van der Waals surface area contributed by atoms with E-state index in [1.54, 1.807) is 24.5 Å². The molecular formula is C16H23N3O2S. The predicted octanol–water partition coefficient (Wildman–Crippen LogP) is 3.45. The maximum Gasteiger partial charge on any atom is 0.356 e. The number of carbonyl (C=O) groups is 1. The number of nitrogens with zero attached hydrogens (tertiary/aromatic N) is 2. The third-order valence-corrected chi connectivity index (χ3v) is 4.48. The Morgan fingerprint density at radius 1 is 1.45 bits per heavy atom. The Kier molecular flexibility index (Phi) is 6.15. The Balaban J connectivity index is 2.13. The van der Waals surface area contributed by atoms with E-state index in [1.807, 2.05) is 0 Å². The van der Waals surface area contributed by atoms with Gasteiger partial charge in [0.1, 0.15) is 5.69 Å². The summed E-state index contributed by atoms with van der Waals surface area (Å²) in [7, 11) is 0. The van der Waals surface area contributed by atoms with Gasteiger partial charge >= 0.3 is 5.97 Å². The van der Waals surface area contributed by atoms with Crippen LogP contribution < -0.4 is 0 Å². The van der Waals surface area contributed by atoms with Crippen molar-refractivity contribution in [2.45, 2.75) is 46.3 Å². The zero-order chi connectivity index (χ0) is 15.9. The summed E-state index contributed by atoms with van der Waals surface area (Å²) in [6, 6.07) is 2.56. The molecule has 0 aliphatic carbocycles. The lowest BCUT2D eigenvalue weighted by Gasteiger charge is -2.28. The number of hydrogen-bond donors (Lipinski definition) is 1. The number of aromatic amines is 1. The van der Waals surface area contributed by atoms with Gasteiger partial charge in [-0.25, -0.2) is 4.79 Å². The number of aromatic nitrogens is 2. The van der Waals surface area contributed by atoms with Gasteiger partial charge in [-0.3, -0.25) is 10.00 Å². The number of hydrogen-bond acceptors (Lipinski definition) is 5. The van der Waals surface area contributed by atoms with Crippen molar-refractivity contribution in [1.82, 2.24) is 15.1 Å². The van der Waals surface area contributed by atoms with E-state index in [2.05, 4.69) is 45.8 Å². The zero-order valence-corrected chi connectivity index (χ0v) is 14.2. The molecule has 0 spiro atoms. The largest absolute Gasteiger partial charge is 0.461 e. The number of nitrogens with one attached hydrogen (secondary N) is 1. The fourth-order valence-electron chi connectivity index (χ4n) is 2.27. The topological polar surface area (TPSA) is 58.2 Å². The molecule has 1 N–H and O–H groups in total. The molecule has 0 bridgehead atoms. The average molecular weight is 321 g/mol. The minimum Gasteiger partial charge on any atom is -0.461 e. The Labute approximate surface area is 135 Å². The van der Waals surface area contributed by atoms with Crippen molar-refractivity contribution in [2.24, 2.45) is 0 Å². The summed E-state index contributed by atoms with van der Waals surface area (Å²) >= 11 is 1.70. The molecule has 22 heavy (non-hydrogen) atoms. The fraction of sp³-hybridized carbons (Fsp3) is 0.500. The normalized spacial score (nSPS) is 12.5. The summed E-state index contributed by atoms with van der Waals surface area (Å²) in [4.78, 5) is 14.3. The Morgan fingerprint density at radius 2 is 2.27 bits per heavy atom. The molecular weight excluding hydrogens is 298 g/mol. The highest BCUT2D eigenvalue weighted by atomic mass is 32.1. The van der Waals surface area contributed by atoms with Crippen LogP contribution in [0.2, 0.25) is 0 Å². The third-order valence-electron chi connectivity index (χ3n) is 3.75. The van der Waals surface area contributed by atoms with Crippen LogP contribution >= 0.6 is 11.3 Å². The van der Waals surface area contributed by atoms with Crippen LogP contribution in [-0.4, -0.2) is 33.7 Å². The molecule has 0 unspecified atom stereocenters. The van der Waals surface area contributed by atoms with Gasteiger partial charge in [-0.05, 0) is 42.7 Å². The van der Waals surface area contributed by atoms with E-state index in [9.17, 15) is 4.79 Å². The van der Waals surface area contributed by atoms with Crippen LogP contribution in [-0.2, 0) is 17.8 Å². The maximum atomic E-state index is 12.0. The Bertz CT molecular complexity index is 580. The van der Waals surface area contributed by atoms with Crippen molar-refractivity contribution in [3.05, 3.63) is 39.8 Å². The molecule has 0 radical (unpaired) electrons. The molecule has 0 fully saturated rings. The molecule has 0 aromatic carbocycles. The van der Waals surface area contributed by atoms with Crippen molar-refractivity contribution in [2.75, 3.05) is 6.61 Å². The molecule has 5 nitrogen and oxygen atoms in total. The van der Waals surface area contributed by atoms with Crippen molar-refractivity contribution in [1.29, 1.82) is 0 Å². The molecule has 120 valence electrons. The van der Waals surface area contributed by atoms with E-state index in [4.69, 9.17) is 4.74 Å². The summed E-state index contributed by atoms with van der Waals surface area (Å²) in [5.74, 6) is -0.338. The van der Waals surface area contributed by atoms with Gasteiger partial charge in [0.05, 0.1) is 12.8 Å². The quantitative estimate of drug-likeness (QED) is 0.757. The number of H-pyrrole nitrogens is 1. The highest BCUT2D eigenvalue weighted by molar-refractivity contribution is 7.07. The molecule has 2 aromatic rings. The highest BCUT2D eigenvalue weighted by Crippen LogP contribution is 2.18. The van der Waals surface area contributed by atoms with Crippen molar-refractivity contribution >= 4 is 17.3 Å². The van der Waals surface area contributed by atoms with Crippen molar-refractivity contribution in [3.8, 4) is 0 Å². The first kappa shape index (κ1) is 16.7. The number of ether oxygens (including phenoxy) is 1. The summed E-state index contributed by atoms with van der Waals surface area (Å²) in [5, 5.41) is 11.0. The van der Waals surface area contributed by atoms with E-state index >= 15 is 0 Å². The van der Waals surface area contributed by atoms with Gasteiger partial charge in [-0.15, -0.1) is 0 Å². The first-order chi connectivity index (χ1) is 10.7. The van der Waals surface area contributed by atoms with E-state index < -0.39 is 0 Å². The second-order valence-electron chi connectivity index (χ2n) is 5.28. The second-order valence-corrected chi connectivity index (χ2v) is 6.06. The van der Waals surface area contributed by atoms with Gasteiger partial charge in [0.25, 0.3) is 0 Å². The first-order valence-corrected chi connectivity index (χ1v) is 8.54. The van der Waals surface area contributed by atoms with Gasteiger partial charge in [-0.2, -0.15) is 16.4 Å². The number of esters is 1. The van der Waals surface area contributed by atoms with Crippen LogP contribution in [0.25, 0.3) is 0 Å². The van der Waals surface area contributed by atoms with E-state index in [-0.39, 0.29) is 5.97 Å². The average Bonchev–Trinajstić information content (AvgIpc) is 3.17. The van der Waals surface area contributed by atoms with Gasteiger partial charge in [0.15, 0.2) is 0 Å². The van der Waals surface area contributed by atoms with Gasteiger partial charge < -0.3 is 4.74 Å². The lowest BCUT2D eigenvalue weighted by molar-refractivity contribution is 0.0516. The second kappa shape index (κ2) is 8.10. The SMILES string of the molecule is CCOC(=O)c1[nH]ncc1CN(Cc1ccsc1)[C@H](C)CC. The molecule has 0 aliphatic heterocycles. The van der Waals surface area contributed by atoms with Gasteiger partial charge in [0, 0.05) is 24.7 Å². The van der Waals surface area contributed by atoms with Gasteiger partial charge in [-0.1, -0.05) is 6.92 Å². The third kappa shape index (κ3) is 4.18. The summed E-state index contributed by atoms with van der Waals surface area (Å²) in [6.07, 6.45) is 2.77. The summed E-state index contributed by atoms with van der Waals surface area (Å²) in [5.41, 5.74) is 2.64. The summed E-state index contributed by atoms with van der Waals surface area (Å²) in [6.45, 7) is 8.09. The Morgan fingerprint density at radius 3 is 2.91 bits per heavy atom. The minimum absolute atomic E-state index is 0.338. The zero-order valence-electron chi connectivity index (χ0n) is 13.3. The number of thiophene rings is 1. The first-order valence-electron chi connectivity index (χ1n) is 7.60. The van der Waals surface area contributed by atoms with Crippen LogP contribution in [0.5, 0.6) is 0 Å². The molecule has 0 aliphatic rings. The molecule has 6 heteroatoms. The Hall–Kier alpha value is -1.66. The van der Waals surface area contributed by atoms with Crippen LogP contribution in [0.3, 0.4) is 0 Å². The molecule has 1 atom stereocenters. The van der Waals surface area contributed by atoms with Crippen molar-refractivity contribution < 1.29 is 9.53 Å². The molecule has 2 heterocycles. The van der Waals surface area contributed by atoms with E-state index in [1.165, 1.54) is 5.56 Å². The van der Waals surface area contributed by atoms with E-state index in [0.29, 0.717) is 24.9 Å². The van der Waals surface area contributed by atoms with Crippen molar-refractivity contribution in [3.63, 3.8) is 0 Å². The van der Waals surface area contributed by atoms with Crippen LogP contribution in [0, 0.1) is 0 Å². The summed E-state index contributed by atoms with van der Waals surface area (Å²) < 4.78 is 5.07. The van der Waals surface area contributed by atoms with Gasteiger partial charge in [0.2, 0.25) is 0 Å². The standard InChI is InChI=1S/C16H23N3O2S/c1-4-12(3)19(9-13-6-7-22-11-13)10-14-8-17-18-15(14)16(20)21-5-2/h6-8,11-12H,4-5,9-10H2,1-3H3,(H,17,18)/t12-/m1/s1. The van der Waals surface area contributed by atoms with E-state index in [0.717, 1.165) is 18.5 Å². The van der Waals surface area contributed by atoms with Crippen LogP contribution in [0.15, 0.2) is 23.0 Å². The molecule has 2 rings (SSSR count). The monoisotopic (exact) mass is 321 g/mol. The fourth-order valence-corrected chi connectivity index (χ4v) is 2.93. The van der Waals surface area contributed by atoms with Crippen LogP contribution in [0.4, 0.5) is 0 Å². The molecule has 0 saturated heterocycles. The number of rotatable bonds is 8. The smallest absolute Gasteiger partial charge is 0.356 e. The van der Waals surface area contributed by atoms with Crippen LogP contribution in [0.1, 0.15) is 48.8 Å².